The highest BCUT2D eigenvalue weighted by atomic mass is 32.2. The quantitative estimate of drug-likeness (QED) is 0.515. The van der Waals surface area contributed by atoms with Gasteiger partial charge in [-0.05, 0) is 23.9 Å². The molecule has 18 heavy (non-hydrogen) atoms. The van der Waals surface area contributed by atoms with E-state index in [4.69, 9.17) is 10.5 Å². The molecule has 0 amide bonds. The largest absolute Gasteiger partial charge is 0.492 e. The van der Waals surface area contributed by atoms with Crippen LogP contribution in [0, 0.1) is 5.82 Å². The van der Waals surface area contributed by atoms with E-state index in [0.29, 0.717) is 0 Å². The molecule has 0 aliphatic rings. The molecule has 0 spiro atoms. The van der Waals surface area contributed by atoms with E-state index < -0.39 is 11.3 Å². The summed E-state index contributed by atoms with van der Waals surface area (Å²) in [7, 11) is 0. The van der Waals surface area contributed by atoms with Crippen molar-refractivity contribution in [1.82, 2.24) is 0 Å². The van der Waals surface area contributed by atoms with Crippen LogP contribution in [0.25, 0.3) is 0 Å². The number of benzene rings is 1. The van der Waals surface area contributed by atoms with Crippen LogP contribution in [0.4, 0.5) is 17.6 Å². The number of rotatable bonds is 5. The zero-order valence-corrected chi connectivity index (χ0v) is 10.6. The number of halogens is 4. The lowest BCUT2D eigenvalue weighted by Gasteiger charge is -2.11. The second kappa shape index (κ2) is 6.24. The summed E-state index contributed by atoms with van der Waals surface area (Å²) < 4.78 is 54.0. The van der Waals surface area contributed by atoms with Crippen LogP contribution in [-0.4, -0.2) is 22.9 Å². The Morgan fingerprint density at radius 2 is 2.06 bits per heavy atom. The third kappa shape index (κ3) is 4.69. The highest BCUT2D eigenvalue weighted by molar-refractivity contribution is 8.00. The maximum Gasteiger partial charge on any atom is 0.441 e. The Morgan fingerprint density at radius 1 is 1.39 bits per heavy atom. The Hall–Kier alpha value is -1.02. The lowest BCUT2D eigenvalue weighted by atomic mass is 10.2. The number of hydrogen-bond acceptors (Lipinski definition) is 3. The fourth-order valence-electron chi connectivity index (χ4n) is 1.17. The molecule has 0 atom stereocenters. The number of nitrogens with two attached hydrogens (primary N) is 1. The van der Waals surface area contributed by atoms with Gasteiger partial charge in [0, 0.05) is 5.75 Å². The monoisotopic (exact) mass is 299 g/mol. The van der Waals surface area contributed by atoms with E-state index in [-0.39, 0.29) is 40.4 Å². The van der Waals surface area contributed by atoms with E-state index in [1.165, 1.54) is 12.1 Å². The van der Waals surface area contributed by atoms with Crippen LogP contribution in [-0.2, 0) is 0 Å². The molecule has 0 saturated carbocycles. The minimum atomic E-state index is -4.31. The summed E-state index contributed by atoms with van der Waals surface area (Å²) in [6, 6.07) is 3.91. The average Bonchev–Trinajstić information content (AvgIpc) is 2.22. The maximum atomic E-state index is 13.4. The molecule has 0 fully saturated rings. The fraction of sp³-hybridized carbons (Fsp3) is 0.300. The predicted molar refractivity (Wildman–Crippen MR) is 66.3 cm³/mol. The van der Waals surface area contributed by atoms with Gasteiger partial charge in [0.1, 0.15) is 16.6 Å². The molecule has 1 rings (SSSR count). The minimum Gasteiger partial charge on any atom is -0.492 e. The first-order chi connectivity index (χ1) is 8.31. The van der Waals surface area contributed by atoms with Crippen LogP contribution < -0.4 is 10.5 Å². The summed E-state index contributed by atoms with van der Waals surface area (Å²) in [4.78, 5) is -0.202. The van der Waals surface area contributed by atoms with E-state index in [1.54, 1.807) is 0 Å². The summed E-state index contributed by atoms with van der Waals surface area (Å²) >= 11 is 4.44. The smallest absolute Gasteiger partial charge is 0.441 e. The Bertz CT molecular complexity index is 436. The second-order valence-electron chi connectivity index (χ2n) is 3.12. The second-order valence-corrected chi connectivity index (χ2v) is 4.72. The van der Waals surface area contributed by atoms with Gasteiger partial charge in [0.2, 0.25) is 0 Å². The summed E-state index contributed by atoms with van der Waals surface area (Å²) in [6.45, 7) is -0.219. The van der Waals surface area contributed by atoms with Crippen molar-refractivity contribution in [1.29, 1.82) is 0 Å². The van der Waals surface area contributed by atoms with Gasteiger partial charge in [-0.1, -0.05) is 18.3 Å². The van der Waals surface area contributed by atoms with Crippen LogP contribution in [0.1, 0.15) is 5.56 Å². The zero-order valence-electron chi connectivity index (χ0n) is 8.96. The molecule has 2 N–H and O–H groups in total. The topological polar surface area (TPSA) is 35.2 Å². The van der Waals surface area contributed by atoms with Crippen LogP contribution >= 0.6 is 24.0 Å². The Labute approximate surface area is 110 Å². The van der Waals surface area contributed by atoms with Crippen molar-refractivity contribution >= 4 is 29.0 Å². The average molecular weight is 299 g/mol. The molecule has 1 aromatic carbocycles. The molecule has 8 heteroatoms. The highest BCUT2D eigenvalue weighted by Gasteiger charge is 2.27. The minimum absolute atomic E-state index is 0.0466. The number of thioether (sulfide) groups is 1. The number of thiocarbonyl (C=S) groups is 1. The molecule has 0 radical (unpaired) electrons. The van der Waals surface area contributed by atoms with E-state index in [2.05, 4.69) is 12.2 Å². The Morgan fingerprint density at radius 3 is 2.61 bits per heavy atom. The molecule has 1 aromatic rings. The SMILES string of the molecule is NC(=S)c1c(F)cccc1OCCSC(F)(F)F. The Balaban J connectivity index is 2.63. The molecule has 2 nitrogen and oxygen atoms in total. The molecule has 0 heterocycles. The highest BCUT2D eigenvalue weighted by Crippen LogP contribution is 2.30. The lowest BCUT2D eigenvalue weighted by Crippen LogP contribution is -2.15. The van der Waals surface area contributed by atoms with Gasteiger partial charge in [-0.25, -0.2) is 4.39 Å². The van der Waals surface area contributed by atoms with E-state index >= 15 is 0 Å². The van der Waals surface area contributed by atoms with Crippen LogP contribution in [0.3, 0.4) is 0 Å². The van der Waals surface area contributed by atoms with Gasteiger partial charge in [0.05, 0.1) is 12.2 Å². The molecule has 0 aliphatic heterocycles. The summed E-state index contributed by atoms with van der Waals surface area (Å²) in [6.07, 6.45) is 0. The number of ether oxygens (including phenoxy) is 1. The molecular weight excluding hydrogens is 290 g/mol. The zero-order chi connectivity index (χ0) is 13.8. The maximum absolute atomic E-state index is 13.4. The standard InChI is InChI=1S/C10H9F4NOS2/c11-6-2-1-3-7(8(6)9(15)17)16-4-5-18-10(12,13)14/h1-3H,4-5H2,(H2,15,17). The fourth-order valence-corrected chi connectivity index (χ4v) is 1.77. The van der Waals surface area contributed by atoms with Gasteiger partial charge in [-0.15, -0.1) is 0 Å². The summed E-state index contributed by atoms with van der Waals surface area (Å²) in [5, 5.41) is 0. The number of alkyl halides is 3. The normalized spacial score (nSPS) is 11.3. The molecule has 0 aliphatic carbocycles. The van der Waals surface area contributed by atoms with Gasteiger partial charge < -0.3 is 10.5 Å². The molecule has 100 valence electrons. The van der Waals surface area contributed by atoms with Gasteiger partial charge in [-0.2, -0.15) is 13.2 Å². The van der Waals surface area contributed by atoms with E-state index in [9.17, 15) is 17.6 Å². The first-order valence-electron chi connectivity index (χ1n) is 4.73. The van der Waals surface area contributed by atoms with Gasteiger partial charge in [-0.3, -0.25) is 0 Å². The van der Waals surface area contributed by atoms with E-state index in [0.717, 1.165) is 6.07 Å². The van der Waals surface area contributed by atoms with Crippen LogP contribution in [0.5, 0.6) is 5.75 Å². The van der Waals surface area contributed by atoms with E-state index in [1.807, 2.05) is 0 Å². The van der Waals surface area contributed by atoms with Crippen LogP contribution in [0.15, 0.2) is 18.2 Å². The Kier molecular flexibility index (Phi) is 5.21. The molecule has 0 saturated heterocycles. The van der Waals surface area contributed by atoms with Crippen molar-refractivity contribution in [2.45, 2.75) is 5.51 Å². The van der Waals surface area contributed by atoms with Crippen LogP contribution in [0.2, 0.25) is 0 Å². The van der Waals surface area contributed by atoms with Crippen molar-refractivity contribution in [3.63, 3.8) is 0 Å². The summed E-state index contributed by atoms with van der Waals surface area (Å²) in [5.41, 5.74) is 0.914. The lowest BCUT2D eigenvalue weighted by molar-refractivity contribution is -0.0329. The van der Waals surface area contributed by atoms with Gasteiger partial charge >= 0.3 is 5.51 Å². The van der Waals surface area contributed by atoms with Gasteiger partial charge in [0.25, 0.3) is 0 Å². The first kappa shape index (κ1) is 15.0. The molecule has 0 aromatic heterocycles. The molecular formula is C10H9F4NOS2. The third-order valence-corrected chi connectivity index (χ3v) is 2.73. The third-order valence-electron chi connectivity index (χ3n) is 1.83. The summed E-state index contributed by atoms with van der Waals surface area (Å²) in [5.74, 6) is -0.912. The van der Waals surface area contributed by atoms with Crippen molar-refractivity contribution in [3.8, 4) is 5.75 Å². The van der Waals surface area contributed by atoms with Crippen molar-refractivity contribution in [2.75, 3.05) is 12.4 Å². The number of hydrogen-bond donors (Lipinski definition) is 1. The molecule has 0 unspecified atom stereocenters. The molecule has 0 bridgehead atoms. The van der Waals surface area contributed by atoms with Crippen molar-refractivity contribution in [3.05, 3.63) is 29.6 Å². The van der Waals surface area contributed by atoms with Crippen molar-refractivity contribution in [2.24, 2.45) is 5.73 Å². The van der Waals surface area contributed by atoms with Crippen molar-refractivity contribution < 1.29 is 22.3 Å². The van der Waals surface area contributed by atoms with Gasteiger partial charge in [0.15, 0.2) is 0 Å². The first-order valence-corrected chi connectivity index (χ1v) is 6.12. The predicted octanol–water partition coefficient (Wildman–Crippen LogP) is 3.09.